The highest BCUT2D eigenvalue weighted by Crippen LogP contribution is 2.41. The van der Waals surface area contributed by atoms with Crippen molar-refractivity contribution in [2.75, 3.05) is 43.4 Å². The van der Waals surface area contributed by atoms with Crippen LogP contribution in [0.3, 0.4) is 0 Å². The smallest absolute Gasteiger partial charge is 0.151 e. The van der Waals surface area contributed by atoms with Crippen molar-refractivity contribution >= 4 is 42.5 Å². The molecule has 0 amide bonds. The zero-order valence-corrected chi connectivity index (χ0v) is 27.8. The topological polar surface area (TPSA) is 70.3 Å². The number of nitrogens with two attached hydrogens (primary N) is 1. The molecule has 1 unspecified atom stereocenters. The average Bonchev–Trinajstić information content (AvgIpc) is 3.14. The molecule has 0 bridgehead atoms. The first-order valence-corrected chi connectivity index (χ1v) is 17.0. The van der Waals surface area contributed by atoms with Crippen LogP contribution in [0.4, 0.5) is 11.5 Å². The van der Waals surface area contributed by atoms with Crippen LogP contribution in [0.25, 0.3) is 5.57 Å². The highest BCUT2D eigenvalue weighted by Gasteiger charge is 2.38. The van der Waals surface area contributed by atoms with E-state index in [1.165, 1.54) is 35.2 Å². The number of nitrogens with one attached hydrogen (secondary N) is 1. The predicted molar refractivity (Wildman–Crippen MR) is 186 cm³/mol. The molecule has 0 spiro atoms. The Morgan fingerprint density at radius 2 is 1.93 bits per heavy atom. The molecule has 230 valence electrons. The van der Waals surface area contributed by atoms with Crippen molar-refractivity contribution in [1.82, 2.24) is 19.6 Å². The maximum absolute atomic E-state index is 6.52. The molecule has 0 aromatic carbocycles. The van der Waals surface area contributed by atoms with Crippen LogP contribution in [0, 0.1) is 0 Å². The normalized spacial score (nSPS) is 19.2. The Hall–Kier alpha value is -2.00. The lowest BCUT2D eigenvalue weighted by Crippen LogP contribution is -2.43. The second kappa shape index (κ2) is 16.2. The number of hydrogen-bond acceptors (Lipinski definition) is 8. The third-order valence-electron chi connectivity index (χ3n) is 8.98. The van der Waals surface area contributed by atoms with Gasteiger partial charge in [-0.15, -0.1) is 12.6 Å². The summed E-state index contributed by atoms with van der Waals surface area (Å²) in [4.78, 5) is 16.1. The Kier molecular flexibility index (Phi) is 12.7. The second-order valence-corrected chi connectivity index (χ2v) is 12.9. The molecule has 0 saturated heterocycles. The molecule has 0 fully saturated rings. The lowest BCUT2D eigenvalue weighted by molar-refractivity contribution is 0.238. The van der Waals surface area contributed by atoms with Crippen molar-refractivity contribution in [2.24, 2.45) is 0 Å². The molecule has 1 aliphatic carbocycles. The van der Waals surface area contributed by atoms with Gasteiger partial charge >= 0.3 is 0 Å². The summed E-state index contributed by atoms with van der Waals surface area (Å²) in [6.45, 7) is 12.6. The number of fused-ring (bicyclic) bond motifs is 1. The van der Waals surface area contributed by atoms with E-state index in [1.54, 1.807) is 0 Å². The van der Waals surface area contributed by atoms with E-state index in [0.717, 1.165) is 107 Å². The maximum atomic E-state index is 6.52. The SMILES string of the molecule is CCCC1=CCCC=C1c1ccc2c(n1)CN(CCCCCNS)CCC2(CC)CN(CCC)c1ncc(S)cc1N. The summed E-state index contributed by atoms with van der Waals surface area (Å²) in [5.41, 5.74) is 13.8. The van der Waals surface area contributed by atoms with Crippen LogP contribution in [0.2, 0.25) is 0 Å². The van der Waals surface area contributed by atoms with E-state index < -0.39 is 0 Å². The van der Waals surface area contributed by atoms with Gasteiger partial charge in [-0.05, 0) is 93.3 Å². The van der Waals surface area contributed by atoms with E-state index in [9.17, 15) is 0 Å². The van der Waals surface area contributed by atoms with Gasteiger partial charge in [-0.1, -0.05) is 64.6 Å². The summed E-state index contributed by atoms with van der Waals surface area (Å²) in [7, 11) is 0. The lowest BCUT2D eigenvalue weighted by atomic mass is 9.74. The van der Waals surface area contributed by atoms with Crippen molar-refractivity contribution in [1.29, 1.82) is 0 Å². The molecule has 0 radical (unpaired) electrons. The Morgan fingerprint density at radius 1 is 1.10 bits per heavy atom. The Bertz CT molecular complexity index is 1230. The number of aromatic nitrogens is 2. The van der Waals surface area contributed by atoms with Crippen molar-refractivity contribution in [3.8, 4) is 0 Å². The van der Waals surface area contributed by atoms with Gasteiger partial charge in [0.15, 0.2) is 5.82 Å². The number of anilines is 2. The lowest BCUT2D eigenvalue weighted by Gasteiger charge is -2.39. The summed E-state index contributed by atoms with van der Waals surface area (Å²) in [5.74, 6) is 0.870. The summed E-state index contributed by atoms with van der Waals surface area (Å²) >= 11 is 8.63. The first-order valence-electron chi connectivity index (χ1n) is 16.1. The van der Waals surface area contributed by atoms with E-state index in [1.807, 2.05) is 12.3 Å². The van der Waals surface area contributed by atoms with E-state index in [4.69, 9.17) is 15.7 Å². The average molecular weight is 609 g/mol. The summed E-state index contributed by atoms with van der Waals surface area (Å²) < 4.78 is 2.98. The Morgan fingerprint density at radius 3 is 2.67 bits per heavy atom. The standard InChI is InChI=1S/C34H52N6S2/c1-4-12-26-13-8-9-14-28(26)31-16-15-29-32(38-31)24-39(20-11-7-10-18-37-42)21-17-34(29,6-3)25-40(19-5-2)33-30(35)22-27(41)23-36-33/h13-16,22-23,37,41-42H,4-12,17-21,24-25,35H2,1-3H3. The molecular formula is C34H52N6S2. The van der Waals surface area contributed by atoms with Crippen LogP contribution < -0.4 is 15.4 Å². The predicted octanol–water partition coefficient (Wildman–Crippen LogP) is 7.63. The van der Waals surface area contributed by atoms with Crippen molar-refractivity contribution in [2.45, 2.75) is 102 Å². The van der Waals surface area contributed by atoms with E-state index in [2.05, 4.69) is 85.0 Å². The fraction of sp³-hybridized carbons (Fsp3) is 0.588. The molecule has 3 N–H and O–H groups in total. The Balaban J connectivity index is 1.71. The monoisotopic (exact) mass is 608 g/mol. The largest absolute Gasteiger partial charge is 0.396 e. The molecule has 0 saturated carbocycles. The molecule has 6 nitrogen and oxygen atoms in total. The number of unbranched alkanes of at least 4 members (excludes halogenated alkanes) is 2. The molecule has 8 heteroatoms. The number of nitrogen functional groups attached to an aromatic ring is 1. The van der Waals surface area contributed by atoms with Crippen LogP contribution in [-0.4, -0.2) is 47.6 Å². The van der Waals surface area contributed by atoms with Gasteiger partial charge in [-0.3, -0.25) is 14.6 Å². The maximum Gasteiger partial charge on any atom is 0.151 e. The molecule has 42 heavy (non-hydrogen) atoms. The molecule has 1 atom stereocenters. The van der Waals surface area contributed by atoms with Gasteiger partial charge < -0.3 is 10.6 Å². The van der Waals surface area contributed by atoms with Gasteiger partial charge in [-0.2, -0.15) is 0 Å². The molecule has 3 heterocycles. The van der Waals surface area contributed by atoms with Crippen molar-refractivity contribution in [3.63, 3.8) is 0 Å². The van der Waals surface area contributed by atoms with E-state index >= 15 is 0 Å². The third-order valence-corrected chi connectivity index (χ3v) is 9.45. The molecule has 4 rings (SSSR count). The summed E-state index contributed by atoms with van der Waals surface area (Å²) in [6.07, 6.45) is 17.9. The van der Waals surface area contributed by atoms with E-state index in [0.29, 0.717) is 5.69 Å². The molecule has 2 aromatic heterocycles. The number of hydrogen-bond donors (Lipinski definition) is 4. The van der Waals surface area contributed by atoms with Gasteiger partial charge in [0.05, 0.1) is 17.1 Å². The van der Waals surface area contributed by atoms with Crippen LogP contribution in [0.15, 0.2) is 47.0 Å². The minimum Gasteiger partial charge on any atom is -0.396 e. The summed E-state index contributed by atoms with van der Waals surface area (Å²) in [6, 6.07) is 6.64. The first-order chi connectivity index (χ1) is 20.4. The van der Waals surface area contributed by atoms with Crippen molar-refractivity contribution in [3.05, 3.63) is 59.1 Å². The van der Waals surface area contributed by atoms with Crippen LogP contribution in [-0.2, 0) is 12.0 Å². The number of rotatable bonds is 15. The first kappa shape index (κ1) is 32.9. The molecule has 2 aliphatic rings. The van der Waals surface area contributed by atoms with Crippen LogP contribution in [0.1, 0.15) is 102 Å². The quantitative estimate of drug-likeness (QED) is 0.123. The Labute approximate surface area is 265 Å². The van der Waals surface area contributed by atoms with Gasteiger partial charge in [0.2, 0.25) is 0 Å². The minimum atomic E-state index is -0.0441. The highest BCUT2D eigenvalue weighted by atomic mass is 32.1. The minimum absolute atomic E-state index is 0.0441. The number of thiol groups is 2. The summed E-state index contributed by atoms with van der Waals surface area (Å²) in [5, 5.41) is 0. The zero-order chi connectivity index (χ0) is 30.0. The van der Waals surface area contributed by atoms with E-state index in [-0.39, 0.29) is 5.41 Å². The molecular weight excluding hydrogens is 557 g/mol. The fourth-order valence-corrected chi connectivity index (χ4v) is 7.08. The molecule has 2 aromatic rings. The fourth-order valence-electron chi connectivity index (χ4n) is 6.73. The van der Waals surface area contributed by atoms with Gasteiger partial charge in [0, 0.05) is 42.7 Å². The number of allylic oxidation sites excluding steroid dienone is 4. The number of pyridine rings is 2. The zero-order valence-electron chi connectivity index (χ0n) is 26.0. The third kappa shape index (κ3) is 8.13. The van der Waals surface area contributed by atoms with Crippen LogP contribution in [0.5, 0.6) is 0 Å². The number of nitrogens with zero attached hydrogens (tertiary/aromatic N) is 4. The molecule has 1 aliphatic heterocycles. The van der Waals surface area contributed by atoms with Crippen LogP contribution >= 0.6 is 25.4 Å². The van der Waals surface area contributed by atoms with Crippen molar-refractivity contribution < 1.29 is 0 Å². The van der Waals surface area contributed by atoms with Gasteiger partial charge in [0.25, 0.3) is 0 Å². The van der Waals surface area contributed by atoms with Gasteiger partial charge in [0.1, 0.15) is 0 Å². The highest BCUT2D eigenvalue weighted by molar-refractivity contribution is 7.80. The second-order valence-electron chi connectivity index (χ2n) is 12.0. The van der Waals surface area contributed by atoms with Gasteiger partial charge in [-0.25, -0.2) is 4.98 Å².